The maximum absolute atomic E-state index is 12.9. The van der Waals surface area contributed by atoms with Crippen LogP contribution in [0.15, 0.2) is 0 Å². The Labute approximate surface area is 473 Å². The Hall–Kier alpha value is -1.94. The number of ether oxygens (including phenoxy) is 4. The summed E-state index contributed by atoms with van der Waals surface area (Å²) in [4.78, 5) is 71.8. The molecule has 0 aromatic heterocycles. The Bertz CT molecular complexity index is 1540. The van der Waals surface area contributed by atoms with Gasteiger partial charge in [0.15, 0.2) is 12.2 Å². The van der Waals surface area contributed by atoms with E-state index in [1.54, 1.807) is 0 Å². The van der Waals surface area contributed by atoms with Crippen LogP contribution in [0.1, 0.15) is 291 Å². The number of carbonyl (C=O) groups excluding carboxylic acids is 4. The Balaban J connectivity index is 5.21. The van der Waals surface area contributed by atoms with E-state index in [0.29, 0.717) is 25.7 Å². The molecule has 0 amide bonds. The first-order chi connectivity index (χ1) is 37.6. The van der Waals surface area contributed by atoms with Crippen molar-refractivity contribution in [1.29, 1.82) is 0 Å². The molecule has 3 unspecified atom stereocenters. The maximum Gasteiger partial charge on any atom is 0.472 e. The zero-order chi connectivity index (χ0) is 57.8. The number of phosphoric ester groups is 2. The molecule has 0 saturated carbocycles. The molecule has 19 heteroatoms. The summed E-state index contributed by atoms with van der Waals surface area (Å²) in [5.41, 5.74) is 0. The van der Waals surface area contributed by atoms with E-state index in [9.17, 15) is 43.2 Å². The van der Waals surface area contributed by atoms with Gasteiger partial charge in [-0.3, -0.25) is 37.3 Å². The van der Waals surface area contributed by atoms with Gasteiger partial charge in [0, 0.05) is 25.7 Å². The second kappa shape index (κ2) is 53.1. The van der Waals surface area contributed by atoms with Crippen molar-refractivity contribution < 1.29 is 80.2 Å². The van der Waals surface area contributed by atoms with Gasteiger partial charge in [0.1, 0.15) is 19.3 Å². The van der Waals surface area contributed by atoms with Crippen LogP contribution >= 0.6 is 15.6 Å². The monoisotopic (exact) mass is 1160 g/mol. The molecule has 0 rings (SSSR count). The minimum absolute atomic E-state index is 0.104. The minimum Gasteiger partial charge on any atom is -0.462 e. The standard InChI is InChI=1S/C59H114O17P2/c1-6-10-13-16-19-21-22-23-24-25-28-35-40-45-59(64)76-55(49-70-57(62)43-38-33-30-29-31-36-41-52(5)9-4)51-74-78(67,68)72-47-53(60)46-71-77(65,66)73-50-54(48-69-56(61)42-37-32-26-18-15-12-8-3)75-58(63)44-39-34-27-20-17-14-11-7-2/h52-55,60H,6-51H2,1-5H3,(H,65,66)(H,67,68)/t52?,53-,54+,55+/m0/s1. The maximum atomic E-state index is 12.9. The van der Waals surface area contributed by atoms with Crippen LogP contribution in [0.5, 0.6) is 0 Å². The largest absolute Gasteiger partial charge is 0.472 e. The first kappa shape index (κ1) is 76.1. The molecule has 0 aliphatic rings. The molecule has 0 heterocycles. The van der Waals surface area contributed by atoms with E-state index in [4.69, 9.17) is 37.0 Å². The van der Waals surface area contributed by atoms with Gasteiger partial charge < -0.3 is 33.8 Å². The van der Waals surface area contributed by atoms with Crippen LogP contribution in [0.4, 0.5) is 0 Å². The SMILES string of the molecule is CCCCCCCCCCCCCCCC(=O)O[C@H](COC(=O)CCCCCCCCC(C)CC)COP(=O)(O)OC[C@@H](O)COP(=O)(O)OC[C@@H](COC(=O)CCCCCCCCC)OC(=O)CCCCCCCCCC. The van der Waals surface area contributed by atoms with Crippen molar-refractivity contribution in [2.45, 2.75) is 310 Å². The quantitative estimate of drug-likeness (QED) is 0.0222. The molecule has 0 radical (unpaired) electrons. The molecule has 0 saturated heterocycles. The first-order valence-electron chi connectivity index (χ1n) is 31.2. The zero-order valence-electron chi connectivity index (χ0n) is 49.8. The molecular formula is C59H114O17P2. The molecule has 0 aliphatic heterocycles. The molecule has 0 fully saturated rings. The van der Waals surface area contributed by atoms with Crippen molar-refractivity contribution in [2.75, 3.05) is 39.6 Å². The number of unbranched alkanes of at least 4 members (excludes halogenated alkanes) is 30. The molecule has 0 aliphatic carbocycles. The summed E-state index contributed by atoms with van der Waals surface area (Å²) in [5.74, 6) is -1.42. The number of aliphatic hydroxyl groups is 1. The Morgan fingerprint density at radius 2 is 0.615 bits per heavy atom. The summed E-state index contributed by atoms with van der Waals surface area (Å²) < 4.78 is 67.6. The molecule has 6 atom stereocenters. The van der Waals surface area contributed by atoms with E-state index in [2.05, 4.69) is 34.6 Å². The summed E-state index contributed by atoms with van der Waals surface area (Å²) in [5, 5.41) is 10.5. The van der Waals surface area contributed by atoms with E-state index < -0.39 is 97.5 Å². The van der Waals surface area contributed by atoms with Gasteiger partial charge >= 0.3 is 39.5 Å². The molecule has 0 aromatic rings. The number of phosphoric acid groups is 2. The topological polar surface area (TPSA) is 237 Å². The third-order valence-electron chi connectivity index (χ3n) is 13.9. The van der Waals surface area contributed by atoms with Crippen molar-refractivity contribution in [3.05, 3.63) is 0 Å². The minimum atomic E-state index is -4.94. The van der Waals surface area contributed by atoms with Crippen LogP contribution in [0, 0.1) is 5.92 Å². The Kier molecular flexibility index (Phi) is 51.8. The lowest BCUT2D eigenvalue weighted by Gasteiger charge is -2.21. The highest BCUT2D eigenvalue weighted by atomic mass is 31.2. The zero-order valence-corrected chi connectivity index (χ0v) is 51.6. The van der Waals surface area contributed by atoms with Crippen molar-refractivity contribution in [1.82, 2.24) is 0 Å². The van der Waals surface area contributed by atoms with E-state index in [0.717, 1.165) is 121 Å². The molecule has 0 bridgehead atoms. The third kappa shape index (κ3) is 52.2. The summed E-state index contributed by atoms with van der Waals surface area (Å²) in [6, 6.07) is 0. The van der Waals surface area contributed by atoms with Gasteiger partial charge in [-0.2, -0.15) is 0 Å². The van der Waals surface area contributed by atoms with Crippen LogP contribution < -0.4 is 0 Å². The van der Waals surface area contributed by atoms with Crippen molar-refractivity contribution in [3.63, 3.8) is 0 Å². The highest BCUT2D eigenvalue weighted by molar-refractivity contribution is 7.47. The molecule has 3 N–H and O–H groups in total. The van der Waals surface area contributed by atoms with E-state index in [1.807, 2.05) is 0 Å². The van der Waals surface area contributed by atoms with Gasteiger partial charge in [0.05, 0.1) is 26.4 Å². The molecule has 462 valence electrons. The van der Waals surface area contributed by atoms with Crippen molar-refractivity contribution >= 4 is 39.5 Å². The molecule has 0 aromatic carbocycles. The van der Waals surface area contributed by atoms with Crippen LogP contribution in [0.2, 0.25) is 0 Å². The highest BCUT2D eigenvalue weighted by Crippen LogP contribution is 2.45. The number of carbonyl (C=O) groups is 4. The van der Waals surface area contributed by atoms with Crippen molar-refractivity contribution in [2.24, 2.45) is 5.92 Å². The van der Waals surface area contributed by atoms with E-state index in [-0.39, 0.29) is 25.7 Å². The smallest absolute Gasteiger partial charge is 0.462 e. The number of hydrogen-bond acceptors (Lipinski definition) is 15. The van der Waals surface area contributed by atoms with Crippen LogP contribution in [0.3, 0.4) is 0 Å². The van der Waals surface area contributed by atoms with Crippen LogP contribution in [-0.2, 0) is 65.4 Å². The van der Waals surface area contributed by atoms with Gasteiger partial charge in [-0.15, -0.1) is 0 Å². The second-order valence-electron chi connectivity index (χ2n) is 21.6. The number of rotatable bonds is 59. The molecule has 0 spiro atoms. The van der Waals surface area contributed by atoms with Gasteiger partial charge in [-0.25, -0.2) is 9.13 Å². The van der Waals surface area contributed by atoms with E-state index in [1.165, 1.54) is 89.9 Å². The average molecular weight is 1160 g/mol. The van der Waals surface area contributed by atoms with Gasteiger partial charge in [0.2, 0.25) is 0 Å². The van der Waals surface area contributed by atoms with Gasteiger partial charge in [-0.05, 0) is 31.6 Å². The first-order valence-corrected chi connectivity index (χ1v) is 34.2. The predicted molar refractivity (Wildman–Crippen MR) is 308 cm³/mol. The lowest BCUT2D eigenvalue weighted by molar-refractivity contribution is -0.161. The second-order valence-corrected chi connectivity index (χ2v) is 24.5. The summed E-state index contributed by atoms with van der Waals surface area (Å²) in [7, 11) is -9.87. The average Bonchev–Trinajstić information content (AvgIpc) is 3.41. The fourth-order valence-corrected chi connectivity index (χ4v) is 10.2. The summed E-state index contributed by atoms with van der Waals surface area (Å²) >= 11 is 0. The fourth-order valence-electron chi connectivity index (χ4n) is 8.67. The molecule has 78 heavy (non-hydrogen) atoms. The lowest BCUT2D eigenvalue weighted by Crippen LogP contribution is -2.30. The Morgan fingerprint density at radius 1 is 0.359 bits per heavy atom. The van der Waals surface area contributed by atoms with Crippen LogP contribution in [0.25, 0.3) is 0 Å². The summed E-state index contributed by atoms with van der Waals surface area (Å²) in [6.45, 7) is 7.05. The van der Waals surface area contributed by atoms with Gasteiger partial charge in [-0.1, -0.05) is 240 Å². The predicted octanol–water partition coefficient (Wildman–Crippen LogP) is 15.8. The summed E-state index contributed by atoms with van der Waals surface area (Å²) in [6.07, 6.45) is 35.0. The number of esters is 4. The molecular weight excluding hydrogens is 1040 g/mol. The number of hydrogen-bond donors (Lipinski definition) is 3. The Morgan fingerprint density at radius 3 is 0.910 bits per heavy atom. The van der Waals surface area contributed by atoms with Crippen LogP contribution in [-0.4, -0.2) is 96.7 Å². The van der Waals surface area contributed by atoms with Gasteiger partial charge in [0.25, 0.3) is 0 Å². The highest BCUT2D eigenvalue weighted by Gasteiger charge is 2.30. The third-order valence-corrected chi connectivity index (χ3v) is 15.8. The lowest BCUT2D eigenvalue weighted by atomic mass is 10.00. The van der Waals surface area contributed by atoms with Crippen molar-refractivity contribution in [3.8, 4) is 0 Å². The normalized spacial score (nSPS) is 14.7. The number of aliphatic hydroxyl groups excluding tert-OH is 1. The van der Waals surface area contributed by atoms with E-state index >= 15 is 0 Å². The fraction of sp³-hybridized carbons (Fsp3) is 0.932. The molecule has 17 nitrogen and oxygen atoms in total.